The van der Waals surface area contributed by atoms with Crippen LogP contribution >= 0.6 is 11.6 Å². The van der Waals surface area contributed by atoms with Gasteiger partial charge in [0.1, 0.15) is 0 Å². The third kappa shape index (κ3) is 3.49. The standard InChI is InChI=1S/C11H22ClNO/c1-5-11(6-2,7-3)13-10(14)9(4)8-12/h9H,5-8H2,1-4H3,(H,13,14). The maximum atomic E-state index is 11.7. The Balaban J connectivity index is 4.37. The summed E-state index contributed by atoms with van der Waals surface area (Å²) in [6, 6.07) is 0. The van der Waals surface area contributed by atoms with Gasteiger partial charge in [0.15, 0.2) is 0 Å². The summed E-state index contributed by atoms with van der Waals surface area (Å²) >= 11 is 5.64. The molecule has 1 atom stereocenters. The number of alkyl halides is 1. The van der Waals surface area contributed by atoms with Gasteiger partial charge in [0.05, 0.1) is 0 Å². The molecule has 0 heterocycles. The van der Waals surface area contributed by atoms with Crippen molar-refractivity contribution in [2.24, 2.45) is 5.92 Å². The molecule has 0 aliphatic rings. The minimum absolute atomic E-state index is 0.0304. The van der Waals surface area contributed by atoms with E-state index in [9.17, 15) is 4.79 Å². The van der Waals surface area contributed by atoms with Gasteiger partial charge in [-0.1, -0.05) is 27.7 Å². The fourth-order valence-electron chi connectivity index (χ4n) is 1.47. The van der Waals surface area contributed by atoms with E-state index < -0.39 is 0 Å². The summed E-state index contributed by atoms with van der Waals surface area (Å²) in [4.78, 5) is 11.7. The number of carbonyl (C=O) groups excluding carboxylic acids is 1. The fourth-order valence-corrected chi connectivity index (χ4v) is 1.61. The second kappa shape index (κ2) is 6.28. The van der Waals surface area contributed by atoms with Crippen molar-refractivity contribution >= 4 is 17.5 Å². The third-order valence-electron chi connectivity index (χ3n) is 3.10. The molecule has 0 radical (unpaired) electrons. The Morgan fingerprint density at radius 2 is 1.71 bits per heavy atom. The molecule has 0 saturated heterocycles. The number of amides is 1. The molecule has 0 aliphatic carbocycles. The lowest BCUT2D eigenvalue weighted by Crippen LogP contribution is -2.49. The summed E-state index contributed by atoms with van der Waals surface area (Å²) in [6.45, 7) is 8.18. The summed E-state index contributed by atoms with van der Waals surface area (Å²) < 4.78 is 0. The normalized spacial score (nSPS) is 13.8. The molecule has 1 N–H and O–H groups in total. The molecular weight excluding hydrogens is 198 g/mol. The van der Waals surface area contributed by atoms with Gasteiger partial charge in [-0.2, -0.15) is 0 Å². The minimum atomic E-state index is -0.0966. The first-order valence-electron chi connectivity index (χ1n) is 5.43. The first kappa shape index (κ1) is 13.8. The van der Waals surface area contributed by atoms with E-state index in [0.717, 1.165) is 19.3 Å². The Hall–Kier alpha value is -0.240. The second-order valence-electron chi connectivity index (χ2n) is 3.89. The van der Waals surface area contributed by atoms with Crippen molar-refractivity contribution in [3.63, 3.8) is 0 Å². The van der Waals surface area contributed by atoms with Gasteiger partial charge in [-0.15, -0.1) is 11.6 Å². The topological polar surface area (TPSA) is 29.1 Å². The van der Waals surface area contributed by atoms with Crippen molar-refractivity contribution in [2.45, 2.75) is 52.5 Å². The lowest BCUT2D eigenvalue weighted by molar-refractivity contribution is -0.126. The number of carbonyl (C=O) groups is 1. The summed E-state index contributed by atoms with van der Waals surface area (Å²) in [5.41, 5.74) is -0.0304. The number of hydrogen-bond acceptors (Lipinski definition) is 1. The maximum Gasteiger partial charge on any atom is 0.224 e. The Morgan fingerprint density at radius 3 is 2.00 bits per heavy atom. The van der Waals surface area contributed by atoms with Gasteiger partial charge in [-0.3, -0.25) is 4.79 Å². The van der Waals surface area contributed by atoms with E-state index in [2.05, 4.69) is 26.1 Å². The number of halogens is 1. The maximum absolute atomic E-state index is 11.7. The molecule has 0 bridgehead atoms. The van der Waals surface area contributed by atoms with Crippen LogP contribution in [0.15, 0.2) is 0 Å². The zero-order chi connectivity index (χ0) is 11.2. The summed E-state index contributed by atoms with van der Waals surface area (Å²) in [5, 5.41) is 3.11. The van der Waals surface area contributed by atoms with Crippen molar-refractivity contribution < 1.29 is 4.79 Å². The Kier molecular flexibility index (Phi) is 6.17. The van der Waals surface area contributed by atoms with Crippen LogP contribution in [0, 0.1) is 5.92 Å². The van der Waals surface area contributed by atoms with Crippen LogP contribution in [0.1, 0.15) is 47.0 Å². The molecule has 0 spiro atoms. The summed E-state index contributed by atoms with van der Waals surface area (Å²) in [5.74, 6) is 0.366. The molecule has 3 heteroatoms. The van der Waals surface area contributed by atoms with Gasteiger partial charge < -0.3 is 5.32 Å². The third-order valence-corrected chi connectivity index (χ3v) is 3.56. The zero-order valence-electron chi connectivity index (χ0n) is 9.69. The molecule has 0 aromatic heterocycles. The van der Waals surface area contributed by atoms with Crippen molar-refractivity contribution in [1.29, 1.82) is 0 Å². The van der Waals surface area contributed by atoms with E-state index in [-0.39, 0.29) is 17.4 Å². The van der Waals surface area contributed by atoms with E-state index in [1.807, 2.05) is 6.92 Å². The summed E-state index contributed by atoms with van der Waals surface area (Å²) in [7, 11) is 0. The van der Waals surface area contributed by atoms with E-state index in [1.165, 1.54) is 0 Å². The molecule has 0 rings (SSSR count). The molecule has 0 fully saturated rings. The van der Waals surface area contributed by atoms with Crippen LogP contribution in [0.25, 0.3) is 0 Å². The van der Waals surface area contributed by atoms with Crippen LogP contribution in [0.3, 0.4) is 0 Å². The zero-order valence-corrected chi connectivity index (χ0v) is 10.4. The monoisotopic (exact) mass is 219 g/mol. The Bertz CT molecular complexity index is 170. The van der Waals surface area contributed by atoms with Crippen molar-refractivity contribution in [3.05, 3.63) is 0 Å². The van der Waals surface area contributed by atoms with Crippen LogP contribution in [0.4, 0.5) is 0 Å². The molecule has 84 valence electrons. The van der Waals surface area contributed by atoms with Gasteiger partial charge in [0.25, 0.3) is 0 Å². The molecule has 14 heavy (non-hydrogen) atoms. The SMILES string of the molecule is CCC(CC)(CC)NC(=O)C(C)CCl. The second-order valence-corrected chi connectivity index (χ2v) is 4.19. The molecule has 1 amide bonds. The fraction of sp³-hybridized carbons (Fsp3) is 0.909. The molecule has 0 aromatic carbocycles. The van der Waals surface area contributed by atoms with Crippen LogP contribution in [-0.4, -0.2) is 17.3 Å². The molecular formula is C11H22ClNO. The van der Waals surface area contributed by atoms with Gasteiger partial charge in [-0.05, 0) is 19.3 Å². The van der Waals surface area contributed by atoms with Crippen molar-refractivity contribution in [1.82, 2.24) is 5.32 Å². The van der Waals surface area contributed by atoms with Gasteiger partial charge >= 0.3 is 0 Å². The molecule has 0 aliphatic heterocycles. The van der Waals surface area contributed by atoms with Gasteiger partial charge in [0.2, 0.25) is 5.91 Å². The van der Waals surface area contributed by atoms with Gasteiger partial charge in [0, 0.05) is 17.3 Å². The first-order valence-corrected chi connectivity index (χ1v) is 5.96. The number of nitrogens with one attached hydrogen (secondary N) is 1. The lowest BCUT2D eigenvalue weighted by Gasteiger charge is -2.32. The minimum Gasteiger partial charge on any atom is -0.350 e. The average molecular weight is 220 g/mol. The van der Waals surface area contributed by atoms with Crippen LogP contribution < -0.4 is 5.32 Å². The van der Waals surface area contributed by atoms with Crippen molar-refractivity contribution in [3.8, 4) is 0 Å². The predicted molar refractivity (Wildman–Crippen MR) is 61.6 cm³/mol. The Labute approximate surface area is 92.4 Å². The predicted octanol–water partition coefficient (Wildman–Crippen LogP) is 2.95. The lowest BCUT2D eigenvalue weighted by atomic mass is 9.89. The highest BCUT2D eigenvalue weighted by atomic mass is 35.5. The van der Waals surface area contributed by atoms with E-state index in [1.54, 1.807) is 0 Å². The van der Waals surface area contributed by atoms with E-state index in [0.29, 0.717) is 5.88 Å². The number of rotatable bonds is 6. The van der Waals surface area contributed by atoms with E-state index in [4.69, 9.17) is 11.6 Å². The molecule has 2 nitrogen and oxygen atoms in total. The van der Waals surface area contributed by atoms with Gasteiger partial charge in [-0.25, -0.2) is 0 Å². The first-order chi connectivity index (χ1) is 6.55. The average Bonchev–Trinajstić information content (AvgIpc) is 2.24. The Morgan fingerprint density at radius 1 is 1.29 bits per heavy atom. The van der Waals surface area contributed by atoms with Crippen LogP contribution in [0.5, 0.6) is 0 Å². The molecule has 1 unspecified atom stereocenters. The van der Waals surface area contributed by atoms with Crippen LogP contribution in [0.2, 0.25) is 0 Å². The highest BCUT2D eigenvalue weighted by molar-refractivity contribution is 6.19. The summed E-state index contributed by atoms with van der Waals surface area (Å²) in [6.07, 6.45) is 2.92. The van der Waals surface area contributed by atoms with Crippen molar-refractivity contribution in [2.75, 3.05) is 5.88 Å². The molecule has 0 aromatic rings. The quantitative estimate of drug-likeness (QED) is 0.684. The van der Waals surface area contributed by atoms with E-state index >= 15 is 0 Å². The van der Waals surface area contributed by atoms with Crippen LogP contribution in [-0.2, 0) is 4.79 Å². The smallest absolute Gasteiger partial charge is 0.224 e. The highest BCUT2D eigenvalue weighted by Crippen LogP contribution is 2.19. The largest absolute Gasteiger partial charge is 0.350 e. The number of hydrogen-bond donors (Lipinski definition) is 1. The highest BCUT2D eigenvalue weighted by Gasteiger charge is 2.27. The molecule has 0 saturated carbocycles.